The van der Waals surface area contributed by atoms with E-state index in [-0.39, 0.29) is 24.2 Å². The van der Waals surface area contributed by atoms with Gasteiger partial charge in [-0.15, -0.1) is 0 Å². The first-order valence-corrected chi connectivity index (χ1v) is 13.6. The average molecular weight is 504 g/mol. The molecule has 0 fully saturated rings. The van der Waals surface area contributed by atoms with Gasteiger partial charge in [0.25, 0.3) is 0 Å². The molecule has 2 rings (SSSR count). The molecule has 0 heterocycles. The van der Waals surface area contributed by atoms with Gasteiger partial charge in [-0.25, -0.2) is 8.42 Å². The van der Waals surface area contributed by atoms with Gasteiger partial charge >= 0.3 is 0 Å². The lowest BCUT2D eigenvalue weighted by molar-refractivity contribution is -0.140. The van der Waals surface area contributed by atoms with Crippen LogP contribution < -0.4 is 14.4 Å². The summed E-state index contributed by atoms with van der Waals surface area (Å²) < 4.78 is 31.9. The highest BCUT2D eigenvalue weighted by Crippen LogP contribution is 2.30. The van der Waals surface area contributed by atoms with Crippen LogP contribution >= 0.6 is 0 Å². The second kappa shape index (κ2) is 12.6. The quantitative estimate of drug-likeness (QED) is 0.478. The molecule has 2 aromatic carbocycles. The Hall–Kier alpha value is -3.07. The zero-order valence-corrected chi connectivity index (χ0v) is 22.3. The van der Waals surface area contributed by atoms with Gasteiger partial charge in [0.2, 0.25) is 21.8 Å². The summed E-state index contributed by atoms with van der Waals surface area (Å²) in [7, 11) is -2.39. The summed E-state index contributed by atoms with van der Waals surface area (Å²) in [5, 5.41) is 2.97. The summed E-state index contributed by atoms with van der Waals surface area (Å²) in [6, 6.07) is 13.5. The molecule has 0 bridgehead atoms. The van der Waals surface area contributed by atoms with Crippen molar-refractivity contribution >= 4 is 27.5 Å². The Kier molecular flexibility index (Phi) is 10.1. The smallest absolute Gasteiger partial charge is 0.244 e. The predicted octanol–water partition coefficient (Wildman–Crippen LogP) is 3.49. The van der Waals surface area contributed by atoms with Crippen molar-refractivity contribution in [2.24, 2.45) is 0 Å². The molecule has 0 saturated carbocycles. The van der Waals surface area contributed by atoms with Crippen molar-refractivity contribution in [3.8, 4) is 5.75 Å². The van der Waals surface area contributed by atoms with Crippen molar-refractivity contribution < 1.29 is 22.7 Å². The van der Waals surface area contributed by atoms with Crippen LogP contribution in [0.4, 0.5) is 5.69 Å². The number of rotatable bonds is 12. The molecule has 35 heavy (non-hydrogen) atoms. The second-order valence-corrected chi connectivity index (χ2v) is 10.5. The molecule has 0 spiro atoms. The van der Waals surface area contributed by atoms with Gasteiger partial charge in [0.15, 0.2) is 0 Å². The molecule has 0 radical (unpaired) electrons. The molecule has 2 atom stereocenters. The summed E-state index contributed by atoms with van der Waals surface area (Å²) in [6.07, 6.45) is 2.18. The van der Waals surface area contributed by atoms with Gasteiger partial charge in [-0.3, -0.25) is 13.9 Å². The van der Waals surface area contributed by atoms with Gasteiger partial charge in [-0.05, 0) is 49.9 Å². The van der Waals surface area contributed by atoms with E-state index in [9.17, 15) is 18.0 Å². The number of benzene rings is 2. The van der Waals surface area contributed by atoms with Gasteiger partial charge in [0.1, 0.15) is 18.3 Å². The zero-order chi connectivity index (χ0) is 26.2. The third kappa shape index (κ3) is 7.45. The number of nitrogens with one attached hydrogen (secondary N) is 1. The van der Waals surface area contributed by atoms with E-state index in [0.717, 1.165) is 28.1 Å². The molecule has 2 amide bonds. The first-order valence-electron chi connectivity index (χ1n) is 11.8. The van der Waals surface area contributed by atoms with Crippen LogP contribution in [0.5, 0.6) is 5.75 Å². The number of sulfonamides is 1. The lowest BCUT2D eigenvalue weighted by Crippen LogP contribution is -2.53. The van der Waals surface area contributed by atoms with Crippen LogP contribution in [0.3, 0.4) is 0 Å². The van der Waals surface area contributed by atoms with Crippen molar-refractivity contribution in [1.29, 1.82) is 0 Å². The molecule has 192 valence electrons. The van der Waals surface area contributed by atoms with Crippen LogP contribution in [0, 0.1) is 6.92 Å². The van der Waals surface area contributed by atoms with Gasteiger partial charge in [-0.2, -0.15) is 0 Å². The maximum atomic E-state index is 13.7. The molecule has 0 saturated heterocycles. The van der Waals surface area contributed by atoms with Crippen LogP contribution in [0.1, 0.15) is 44.7 Å². The minimum Gasteiger partial charge on any atom is -0.495 e. The van der Waals surface area contributed by atoms with Crippen LogP contribution in [-0.2, 0) is 26.2 Å². The highest BCUT2D eigenvalue weighted by Gasteiger charge is 2.33. The summed E-state index contributed by atoms with van der Waals surface area (Å²) in [4.78, 5) is 28.4. The van der Waals surface area contributed by atoms with E-state index in [0.29, 0.717) is 12.2 Å². The first kappa shape index (κ1) is 28.2. The van der Waals surface area contributed by atoms with Crippen molar-refractivity contribution in [2.75, 3.05) is 24.2 Å². The van der Waals surface area contributed by atoms with Crippen LogP contribution in [0.15, 0.2) is 48.5 Å². The predicted molar refractivity (Wildman–Crippen MR) is 139 cm³/mol. The molecule has 0 aliphatic carbocycles. The van der Waals surface area contributed by atoms with Crippen molar-refractivity contribution in [1.82, 2.24) is 10.2 Å². The average Bonchev–Trinajstić information content (AvgIpc) is 2.82. The number of ether oxygens (including phenoxy) is 1. The molecule has 2 aromatic rings. The number of para-hydroxylation sites is 2. The van der Waals surface area contributed by atoms with Gasteiger partial charge < -0.3 is 15.0 Å². The summed E-state index contributed by atoms with van der Waals surface area (Å²) in [5.74, 6) is -0.402. The number of carbonyl (C=O) groups excluding carboxylic acids is 2. The molecule has 0 unspecified atom stereocenters. The topological polar surface area (TPSA) is 96.0 Å². The summed E-state index contributed by atoms with van der Waals surface area (Å²) in [5.41, 5.74) is 2.13. The molecule has 1 N–H and O–H groups in total. The lowest BCUT2D eigenvalue weighted by atomic mass is 10.1. The highest BCUT2D eigenvalue weighted by molar-refractivity contribution is 7.92. The largest absolute Gasteiger partial charge is 0.495 e. The number of carbonyl (C=O) groups is 2. The number of hydrogen-bond donors (Lipinski definition) is 1. The van der Waals surface area contributed by atoms with E-state index in [1.165, 1.54) is 12.0 Å². The van der Waals surface area contributed by atoms with Crippen LogP contribution in [0.25, 0.3) is 0 Å². The minimum absolute atomic E-state index is 0.0481. The first-order chi connectivity index (χ1) is 16.5. The van der Waals surface area contributed by atoms with E-state index in [2.05, 4.69) is 5.32 Å². The summed E-state index contributed by atoms with van der Waals surface area (Å²) in [6.45, 7) is 7.38. The molecular weight excluding hydrogens is 466 g/mol. The Bertz CT molecular complexity index is 1120. The highest BCUT2D eigenvalue weighted by atomic mass is 32.2. The molecular formula is C26H37N3O5S. The standard InChI is InChI=1S/C26H37N3O5S/c1-7-20(4)27-26(31)22(8-2)28(17-21-14-10-9-13-19(21)3)25(30)18-29(35(6,32)33)23-15-11-12-16-24(23)34-5/h9-16,20,22H,7-8,17-18H2,1-6H3,(H,27,31)/t20-,22-/m1/s1. The lowest BCUT2D eigenvalue weighted by Gasteiger charge is -2.34. The second-order valence-electron chi connectivity index (χ2n) is 8.63. The Morgan fingerprint density at radius 3 is 2.23 bits per heavy atom. The maximum absolute atomic E-state index is 13.7. The normalized spacial score (nSPS) is 13.0. The summed E-state index contributed by atoms with van der Waals surface area (Å²) >= 11 is 0. The molecule has 0 aromatic heterocycles. The van der Waals surface area contributed by atoms with Gasteiger partial charge in [0, 0.05) is 12.6 Å². The Balaban J connectivity index is 2.49. The number of methoxy groups -OCH3 is 1. The maximum Gasteiger partial charge on any atom is 0.244 e. The van der Waals surface area contributed by atoms with E-state index in [1.807, 2.05) is 52.0 Å². The fourth-order valence-corrected chi connectivity index (χ4v) is 4.62. The molecule has 8 nitrogen and oxygen atoms in total. The number of nitrogens with zero attached hydrogens (tertiary/aromatic N) is 2. The number of anilines is 1. The van der Waals surface area contributed by atoms with Crippen LogP contribution in [-0.4, -0.2) is 57.1 Å². The van der Waals surface area contributed by atoms with E-state index in [1.54, 1.807) is 24.3 Å². The van der Waals surface area contributed by atoms with Crippen molar-refractivity contribution in [2.45, 2.75) is 59.2 Å². The molecule has 0 aliphatic rings. The Labute approximate surface area is 209 Å². The van der Waals surface area contributed by atoms with Crippen molar-refractivity contribution in [3.05, 3.63) is 59.7 Å². The Morgan fingerprint density at radius 1 is 1.03 bits per heavy atom. The number of amides is 2. The monoisotopic (exact) mass is 503 g/mol. The Morgan fingerprint density at radius 2 is 1.66 bits per heavy atom. The van der Waals surface area contributed by atoms with Crippen LogP contribution in [0.2, 0.25) is 0 Å². The number of hydrogen-bond acceptors (Lipinski definition) is 5. The molecule has 9 heteroatoms. The third-order valence-corrected chi connectivity index (χ3v) is 7.15. The van der Waals surface area contributed by atoms with E-state index in [4.69, 9.17) is 4.74 Å². The van der Waals surface area contributed by atoms with E-state index < -0.39 is 28.5 Å². The third-order valence-electron chi connectivity index (χ3n) is 6.02. The minimum atomic E-state index is -3.83. The zero-order valence-electron chi connectivity index (χ0n) is 21.4. The van der Waals surface area contributed by atoms with Gasteiger partial charge in [0.05, 0.1) is 19.1 Å². The fraction of sp³-hybridized carbons (Fsp3) is 0.462. The molecule has 0 aliphatic heterocycles. The van der Waals surface area contributed by atoms with Crippen molar-refractivity contribution in [3.63, 3.8) is 0 Å². The number of aryl methyl sites for hydroxylation is 1. The fourth-order valence-electron chi connectivity index (χ4n) is 3.76. The van der Waals surface area contributed by atoms with Gasteiger partial charge in [-0.1, -0.05) is 50.2 Å². The SMILES string of the molecule is CC[C@@H](C)NC(=O)[C@@H](CC)N(Cc1ccccc1C)C(=O)CN(c1ccccc1OC)S(C)(=O)=O. The van der Waals surface area contributed by atoms with E-state index >= 15 is 0 Å².